The predicted molar refractivity (Wildman–Crippen MR) is 64.7 cm³/mol. The number of morpholine rings is 1. The van der Waals surface area contributed by atoms with Gasteiger partial charge in [-0.25, -0.2) is 4.79 Å². The van der Waals surface area contributed by atoms with Gasteiger partial charge in [0, 0.05) is 12.7 Å². The molecule has 1 aromatic heterocycles. The third-order valence-corrected chi connectivity index (χ3v) is 2.91. The van der Waals surface area contributed by atoms with Crippen LogP contribution >= 0.6 is 0 Å². The Kier molecular flexibility index (Phi) is 3.96. The van der Waals surface area contributed by atoms with Crippen molar-refractivity contribution in [2.45, 2.75) is 6.04 Å². The Morgan fingerprint density at radius 2 is 2.32 bits per heavy atom. The molecule has 2 heterocycles. The lowest BCUT2D eigenvalue weighted by molar-refractivity contribution is -0.151. The van der Waals surface area contributed by atoms with Crippen LogP contribution in [0.1, 0.15) is 10.4 Å². The van der Waals surface area contributed by atoms with Crippen molar-refractivity contribution >= 4 is 11.9 Å². The topological polar surface area (TPSA) is 88.7 Å². The largest absolute Gasteiger partial charge is 0.467 e. The lowest BCUT2D eigenvalue weighted by Gasteiger charge is -2.33. The summed E-state index contributed by atoms with van der Waals surface area (Å²) in [7, 11) is 1.24. The Morgan fingerprint density at radius 1 is 1.53 bits per heavy atom. The van der Waals surface area contributed by atoms with Crippen molar-refractivity contribution in [1.82, 2.24) is 9.88 Å². The molecule has 7 heteroatoms. The molecule has 0 bridgehead atoms. The molecule has 1 amide bonds. The first-order valence-corrected chi connectivity index (χ1v) is 5.79. The Labute approximate surface area is 109 Å². The van der Waals surface area contributed by atoms with Crippen molar-refractivity contribution in [3.05, 3.63) is 34.2 Å². The highest BCUT2D eigenvalue weighted by molar-refractivity contribution is 5.96. The van der Waals surface area contributed by atoms with Crippen LogP contribution < -0.4 is 5.56 Å². The third-order valence-electron chi connectivity index (χ3n) is 2.91. The summed E-state index contributed by atoms with van der Waals surface area (Å²) < 4.78 is 9.81. The number of carbonyl (C=O) groups excluding carboxylic acids is 2. The van der Waals surface area contributed by atoms with Crippen LogP contribution in [0.3, 0.4) is 0 Å². The number of rotatable bonds is 2. The highest BCUT2D eigenvalue weighted by Crippen LogP contribution is 2.11. The molecule has 7 nitrogen and oxygen atoms in total. The highest BCUT2D eigenvalue weighted by Gasteiger charge is 2.34. The fourth-order valence-corrected chi connectivity index (χ4v) is 1.92. The van der Waals surface area contributed by atoms with Crippen LogP contribution in [0.4, 0.5) is 0 Å². The normalized spacial score (nSPS) is 19.0. The standard InChI is InChI=1S/C12H14N2O5/c1-18-12(17)9-7-19-6-5-14(9)11(16)8-3-2-4-13-10(8)15/h2-4,9H,5-7H2,1H3,(H,13,15). The van der Waals surface area contributed by atoms with Gasteiger partial charge in [-0.2, -0.15) is 0 Å². The summed E-state index contributed by atoms with van der Waals surface area (Å²) in [6, 6.07) is 2.17. The number of H-pyrrole nitrogens is 1. The summed E-state index contributed by atoms with van der Waals surface area (Å²) in [6.07, 6.45) is 1.44. The van der Waals surface area contributed by atoms with Crippen molar-refractivity contribution in [3.63, 3.8) is 0 Å². The lowest BCUT2D eigenvalue weighted by Crippen LogP contribution is -2.53. The number of esters is 1. The maximum Gasteiger partial charge on any atom is 0.331 e. The molecule has 0 radical (unpaired) electrons. The molecule has 102 valence electrons. The number of aromatic nitrogens is 1. The fraction of sp³-hybridized carbons (Fsp3) is 0.417. The summed E-state index contributed by atoms with van der Waals surface area (Å²) in [5.41, 5.74) is -0.485. The first kappa shape index (κ1) is 13.3. The SMILES string of the molecule is COC(=O)C1COCCN1C(=O)c1ccc[nH]c1=O. The van der Waals surface area contributed by atoms with Crippen molar-refractivity contribution in [1.29, 1.82) is 0 Å². The van der Waals surface area contributed by atoms with Gasteiger partial charge < -0.3 is 19.4 Å². The molecule has 1 N–H and O–H groups in total. The first-order chi connectivity index (χ1) is 9.15. The monoisotopic (exact) mass is 266 g/mol. The molecule has 0 aliphatic carbocycles. The van der Waals surface area contributed by atoms with Crippen LogP contribution in [0.25, 0.3) is 0 Å². The molecule has 2 rings (SSSR count). The van der Waals surface area contributed by atoms with Crippen LogP contribution in [-0.2, 0) is 14.3 Å². The molecule has 19 heavy (non-hydrogen) atoms. The molecule has 1 aliphatic rings. The van der Waals surface area contributed by atoms with Crippen molar-refractivity contribution < 1.29 is 19.1 Å². The first-order valence-electron chi connectivity index (χ1n) is 5.79. The average molecular weight is 266 g/mol. The van der Waals surface area contributed by atoms with Crippen LogP contribution in [0, 0.1) is 0 Å². The van der Waals surface area contributed by atoms with E-state index in [4.69, 9.17) is 4.74 Å². The summed E-state index contributed by atoms with van der Waals surface area (Å²) >= 11 is 0. The quantitative estimate of drug-likeness (QED) is 0.721. The van der Waals surface area contributed by atoms with Gasteiger partial charge >= 0.3 is 5.97 Å². The second-order valence-corrected chi connectivity index (χ2v) is 4.03. The number of nitrogens with one attached hydrogen (secondary N) is 1. The Balaban J connectivity index is 2.28. The number of ether oxygens (including phenoxy) is 2. The van der Waals surface area contributed by atoms with Gasteiger partial charge in [-0.3, -0.25) is 9.59 Å². The van der Waals surface area contributed by atoms with E-state index in [0.29, 0.717) is 6.61 Å². The summed E-state index contributed by atoms with van der Waals surface area (Å²) in [5.74, 6) is -1.05. The number of aromatic amines is 1. The molecule has 1 atom stereocenters. The van der Waals surface area contributed by atoms with E-state index >= 15 is 0 Å². The smallest absolute Gasteiger partial charge is 0.331 e. The van der Waals surface area contributed by atoms with Crippen LogP contribution in [-0.4, -0.2) is 54.7 Å². The zero-order valence-corrected chi connectivity index (χ0v) is 10.4. The number of carbonyl (C=O) groups is 2. The number of amides is 1. The Bertz CT molecular complexity index is 539. The van der Waals surface area contributed by atoms with E-state index in [9.17, 15) is 14.4 Å². The zero-order valence-electron chi connectivity index (χ0n) is 10.4. The Hall–Kier alpha value is -2.15. The maximum absolute atomic E-state index is 12.3. The number of methoxy groups -OCH3 is 1. The second kappa shape index (κ2) is 5.66. The number of hydrogen-bond donors (Lipinski definition) is 1. The van der Waals surface area contributed by atoms with Crippen molar-refractivity contribution in [3.8, 4) is 0 Å². The van der Waals surface area contributed by atoms with Gasteiger partial charge in [0.15, 0.2) is 6.04 Å². The average Bonchev–Trinajstić information content (AvgIpc) is 2.46. The Morgan fingerprint density at radius 3 is 3.00 bits per heavy atom. The molecular weight excluding hydrogens is 252 g/mol. The molecule has 1 saturated heterocycles. The van der Waals surface area contributed by atoms with E-state index in [1.807, 2.05) is 0 Å². The number of nitrogens with zero attached hydrogens (tertiary/aromatic N) is 1. The van der Waals surface area contributed by atoms with Gasteiger partial charge in [0.1, 0.15) is 5.56 Å². The van der Waals surface area contributed by atoms with E-state index in [1.165, 1.54) is 24.3 Å². The summed E-state index contributed by atoms with van der Waals surface area (Å²) in [4.78, 5) is 39.2. The lowest BCUT2D eigenvalue weighted by atomic mass is 10.1. The summed E-state index contributed by atoms with van der Waals surface area (Å²) in [5, 5.41) is 0. The molecule has 1 aliphatic heterocycles. The zero-order chi connectivity index (χ0) is 13.8. The highest BCUT2D eigenvalue weighted by atomic mass is 16.5. The summed E-state index contributed by atoms with van der Waals surface area (Å²) in [6.45, 7) is 0.639. The van der Waals surface area contributed by atoms with Crippen LogP contribution in [0.2, 0.25) is 0 Å². The molecular formula is C12H14N2O5. The van der Waals surface area contributed by atoms with Crippen LogP contribution in [0.5, 0.6) is 0 Å². The number of pyridine rings is 1. The van der Waals surface area contributed by atoms with Crippen molar-refractivity contribution in [2.24, 2.45) is 0 Å². The van der Waals surface area contributed by atoms with E-state index in [-0.39, 0.29) is 18.7 Å². The molecule has 1 unspecified atom stereocenters. The minimum Gasteiger partial charge on any atom is -0.467 e. The number of hydrogen-bond acceptors (Lipinski definition) is 5. The molecule has 0 aromatic carbocycles. The molecule has 0 spiro atoms. The van der Waals surface area contributed by atoms with Gasteiger partial charge in [0.05, 0.1) is 20.3 Å². The van der Waals surface area contributed by atoms with E-state index in [0.717, 1.165) is 0 Å². The van der Waals surface area contributed by atoms with Gasteiger partial charge in [0.25, 0.3) is 11.5 Å². The van der Waals surface area contributed by atoms with Crippen LogP contribution in [0.15, 0.2) is 23.1 Å². The predicted octanol–water partition coefficient (Wildman–Crippen LogP) is -0.611. The van der Waals surface area contributed by atoms with Gasteiger partial charge in [0.2, 0.25) is 0 Å². The second-order valence-electron chi connectivity index (χ2n) is 4.03. The van der Waals surface area contributed by atoms with Gasteiger partial charge in [-0.1, -0.05) is 0 Å². The van der Waals surface area contributed by atoms with E-state index < -0.39 is 23.5 Å². The fourth-order valence-electron chi connectivity index (χ4n) is 1.92. The molecule has 0 saturated carbocycles. The molecule has 1 aromatic rings. The van der Waals surface area contributed by atoms with E-state index in [2.05, 4.69) is 9.72 Å². The van der Waals surface area contributed by atoms with Gasteiger partial charge in [-0.15, -0.1) is 0 Å². The molecule has 1 fully saturated rings. The third kappa shape index (κ3) is 2.65. The minimum absolute atomic E-state index is 0.00157. The maximum atomic E-state index is 12.3. The van der Waals surface area contributed by atoms with Gasteiger partial charge in [-0.05, 0) is 12.1 Å². The van der Waals surface area contributed by atoms with Crippen molar-refractivity contribution in [2.75, 3.05) is 26.9 Å². The van der Waals surface area contributed by atoms with E-state index in [1.54, 1.807) is 6.07 Å². The minimum atomic E-state index is -0.814.